The minimum Gasteiger partial charge on any atom is -0.396 e. The van der Waals surface area contributed by atoms with E-state index in [-0.39, 0.29) is 0 Å². The Labute approximate surface area is 82.0 Å². The molecule has 13 heavy (non-hydrogen) atoms. The minimum absolute atomic E-state index is 0.313. The molecule has 0 aliphatic heterocycles. The van der Waals surface area contributed by atoms with Gasteiger partial charge in [-0.2, -0.15) is 0 Å². The first-order valence-corrected chi connectivity index (χ1v) is 5.44. The summed E-state index contributed by atoms with van der Waals surface area (Å²) in [6.07, 6.45) is 5.53. The highest BCUT2D eigenvalue weighted by molar-refractivity contribution is 4.61. The highest BCUT2D eigenvalue weighted by Crippen LogP contribution is 2.18. The van der Waals surface area contributed by atoms with Crippen molar-refractivity contribution in [1.29, 1.82) is 0 Å². The smallest absolute Gasteiger partial charge is 0.0461 e. The molecule has 0 aliphatic rings. The maximum atomic E-state index is 9.06. The molecule has 0 bridgehead atoms. The number of rotatable bonds is 8. The normalized spacial score (nSPS) is 13.6. The zero-order valence-electron chi connectivity index (χ0n) is 9.00. The summed E-state index contributed by atoms with van der Waals surface area (Å²) < 4.78 is 0. The van der Waals surface area contributed by atoms with Gasteiger partial charge >= 0.3 is 0 Å². The standard InChI is InChI=1S/C11H24O2/c1-10(2)11(9-13)7-5-3-4-6-8-12/h10-13H,3-9H2,1-2H3. The van der Waals surface area contributed by atoms with Crippen molar-refractivity contribution in [2.45, 2.75) is 46.0 Å². The average Bonchev–Trinajstić information content (AvgIpc) is 2.10. The van der Waals surface area contributed by atoms with Gasteiger partial charge in [0.25, 0.3) is 0 Å². The van der Waals surface area contributed by atoms with Crippen molar-refractivity contribution in [2.24, 2.45) is 11.8 Å². The van der Waals surface area contributed by atoms with Gasteiger partial charge in [-0.15, -0.1) is 0 Å². The van der Waals surface area contributed by atoms with E-state index in [1.165, 1.54) is 12.8 Å². The minimum atomic E-state index is 0.313. The number of hydrogen-bond donors (Lipinski definition) is 2. The molecule has 0 saturated heterocycles. The summed E-state index contributed by atoms with van der Waals surface area (Å²) >= 11 is 0. The fourth-order valence-corrected chi connectivity index (χ4v) is 1.51. The van der Waals surface area contributed by atoms with E-state index in [0.29, 0.717) is 25.0 Å². The summed E-state index contributed by atoms with van der Waals surface area (Å²) in [6.45, 7) is 4.95. The Morgan fingerprint density at radius 1 is 0.923 bits per heavy atom. The summed E-state index contributed by atoms with van der Waals surface area (Å²) in [5.41, 5.74) is 0. The van der Waals surface area contributed by atoms with Gasteiger partial charge in [-0.25, -0.2) is 0 Å². The molecule has 0 aliphatic carbocycles. The summed E-state index contributed by atoms with van der Waals surface area (Å²) in [5.74, 6) is 1.05. The molecule has 0 radical (unpaired) electrons. The number of aliphatic hydroxyl groups excluding tert-OH is 2. The van der Waals surface area contributed by atoms with Crippen LogP contribution in [0.3, 0.4) is 0 Å². The van der Waals surface area contributed by atoms with E-state index in [1.54, 1.807) is 0 Å². The van der Waals surface area contributed by atoms with Gasteiger partial charge in [-0.1, -0.05) is 33.1 Å². The zero-order valence-corrected chi connectivity index (χ0v) is 9.00. The summed E-state index contributed by atoms with van der Waals surface area (Å²) in [7, 11) is 0. The molecule has 80 valence electrons. The Morgan fingerprint density at radius 2 is 1.54 bits per heavy atom. The molecule has 2 N–H and O–H groups in total. The Balaban J connectivity index is 3.28. The maximum absolute atomic E-state index is 9.06. The largest absolute Gasteiger partial charge is 0.396 e. The van der Waals surface area contributed by atoms with Crippen LogP contribution in [-0.2, 0) is 0 Å². The second-order valence-corrected chi connectivity index (χ2v) is 4.11. The zero-order chi connectivity index (χ0) is 10.1. The third kappa shape index (κ3) is 7.03. The number of hydrogen-bond acceptors (Lipinski definition) is 2. The molecule has 0 aromatic carbocycles. The van der Waals surface area contributed by atoms with E-state index < -0.39 is 0 Å². The van der Waals surface area contributed by atoms with Gasteiger partial charge < -0.3 is 10.2 Å². The SMILES string of the molecule is CC(C)C(CO)CCCCCCO. The summed E-state index contributed by atoms with van der Waals surface area (Å²) in [6, 6.07) is 0. The van der Waals surface area contributed by atoms with Crippen LogP contribution in [0.4, 0.5) is 0 Å². The number of unbranched alkanes of at least 4 members (excludes halogenated alkanes) is 3. The molecule has 0 aromatic rings. The van der Waals surface area contributed by atoms with E-state index in [1.807, 2.05) is 0 Å². The van der Waals surface area contributed by atoms with Crippen LogP contribution in [0.25, 0.3) is 0 Å². The molecule has 0 heterocycles. The van der Waals surface area contributed by atoms with Crippen LogP contribution in [0.15, 0.2) is 0 Å². The topological polar surface area (TPSA) is 40.5 Å². The van der Waals surface area contributed by atoms with Crippen molar-refractivity contribution < 1.29 is 10.2 Å². The lowest BCUT2D eigenvalue weighted by Gasteiger charge is -2.17. The van der Waals surface area contributed by atoms with Crippen molar-refractivity contribution in [3.63, 3.8) is 0 Å². The van der Waals surface area contributed by atoms with Crippen molar-refractivity contribution >= 4 is 0 Å². The van der Waals surface area contributed by atoms with Crippen molar-refractivity contribution in [1.82, 2.24) is 0 Å². The predicted molar refractivity (Wildman–Crippen MR) is 55.6 cm³/mol. The first-order chi connectivity index (χ1) is 6.22. The lowest BCUT2D eigenvalue weighted by molar-refractivity contribution is 0.177. The van der Waals surface area contributed by atoms with E-state index in [4.69, 9.17) is 10.2 Å². The molecule has 0 amide bonds. The molecule has 1 atom stereocenters. The predicted octanol–water partition coefficient (Wildman–Crippen LogP) is 2.19. The summed E-state index contributed by atoms with van der Waals surface area (Å²) in [4.78, 5) is 0. The third-order valence-corrected chi connectivity index (χ3v) is 2.66. The van der Waals surface area contributed by atoms with E-state index >= 15 is 0 Å². The fourth-order valence-electron chi connectivity index (χ4n) is 1.51. The molecule has 0 spiro atoms. The van der Waals surface area contributed by atoms with E-state index in [9.17, 15) is 0 Å². The van der Waals surface area contributed by atoms with Crippen molar-refractivity contribution in [2.75, 3.05) is 13.2 Å². The maximum Gasteiger partial charge on any atom is 0.0461 e. The Kier molecular flexibility index (Phi) is 8.46. The molecule has 2 heteroatoms. The second kappa shape index (κ2) is 8.52. The van der Waals surface area contributed by atoms with Crippen LogP contribution in [0.2, 0.25) is 0 Å². The molecule has 0 aromatic heterocycles. The Bertz CT molecular complexity index is 102. The Hall–Kier alpha value is -0.0800. The number of aliphatic hydroxyl groups is 2. The van der Waals surface area contributed by atoms with Crippen LogP contribution < -0.4 is 0 Å². The monoisotopic (exact) mass is 188 g/mol. The lowest BCUT2D eigenvalue weighted by Crippen LogP contribution is -2.13. The lowest BCUT2D eigenvalue weighted by atomic mass is 9.91. The van der Waals surface area contributed by atoms with Gasteiger partial charge in [0.05, 0.1) is 0 Å². The van der Waals surface area contributed by atoms with Gasteiger partial charge in [0.2, 0.25) is 0 Å². The second-order valence-electron chi connectivity index (χ2n) is 4.11. The van der Waals surface area contributed by atoms with Crippen LogP contribution in [0.5, 0.6) is 0 Å². The average molecular weight is 188 g/mol. The van der Waals surface area contributed by atoms with Gasteiger partial charge in [-0.3, -0.25) is 0 Å². The van der Waals surface area contributed by atoms with Crippen molar-refractivity contribution in [3.8, 4) is 0 Å². The van der Waals surface area contributed by atoms with Crippen molar-refractivity contribution in [3.05, 3.63) is 0 Å². The molecule has 0 rings (SSSR count). The molecule has 2 nitrogen and oxygen atoms in total. The molecular formula is C11H24O2. The molecule has 0 saturated carbocycles. The highest BCUT2D eigenvalue weighted by Gasteiger charge is 2.10. The van der Waals surface area contributed by atoms with E-state index in [0.717, 1.165) is 19.3 Å². The van der Waals surface area contributed by atoms with Crippen LogP contribution in [0, 0.1) is 11.8 Å². The molecule has 1 unspecified atom stereocenters. The van der Waals surface area contributed by atoms with Gasteiger partial charge in [0, 0.05) is 13.2 Å². The summed E-state index contributed by atoms with van der Waals surface area (Å²) in [5, 5.41) is 17.6. The Morgan fingerprint density at radius 3 is 2.00 bits per heavy atom. The fraction of sp³-hybridized carbons (Fsp3) is 1.00. The van der Waals surface area contributed by atoms with Gasteiger partial charge in [0.15, 0.2) is 0 Å². The highest BCUT2D eigenvalue weighted by atomic mass is 16.3. The van der Waals surface area contributed by atoms with Crippen LogP contribution in [0.1, 0.15) is 46.0 Å². The molecule has 0 fully saturated rings. The van der Waals surface area contributed by atoms with Crippen LogP contribution >= 0.6 is 0 Å². The van der Waals surface area contributed by atoms with E-state index in [2.05, 4.69) is 13.8 Å². The first-order valence-electron chi connectivity index (χ1n) is 5.44. The van der Waals surface area contributed by atoms with Gasteiger partial charge in [-0.05, 0) is 24.7 Å². The third-order valence-electron chi connectivity index (χ3n) is 2.66. The first kappa shape index (κ1) is 12.9. The van der Waals surface area contributed by atoms with Gasteiger partial charge in [0.1, 0.15) is 0 Å². The van der Waals surface area contributed by atoms with Crippen LogP contribution in [-0.4, -0.2) is 23.4 Å². The quantitative estimate of drug-likeness (QED) is 0.573. The molecular weight excluding hydrogens is 164 g/mol.